The molecule has 6 heteroatoms. The number of nitrogens with one attached hydrogen (secondary N) is 1. The van der Waals surface area contributed by atoms with Crippen LogP contribution in [-0.2, 0) is 4.79 Å². The van der Waals surface area contributed by atoms with Gasteiger partial charge in [-0.15, -0.1) is 0 Å². The molecular weight excluding hydrogens is 248 g/mol. The summed E-state index contributed by atoms with van der Waals surface area (Å²) in [5.74, 6) is 0.299. The summed E-state index contributed by atoms with van der Waals surface area (Å²) in [6.45, 7) is 4.49. The number of hydrogen-bond acceptors (Lipinski definition) is 5. The number of benzene rings is 1. The van der Waals surface area contributed by atoms with E-state index in [0.29, 0.717) is 17.1 Å². The van der Waals surface area contributed by atoms with Crippen molar-refractivity contribution in [1.82, 2.24) is 0 Å². The molecule has 0 heterocycles. The van der Waals surface area contributed by atoms with Crippen LogP contribution in [0.4, 0.5) is 11.4 Å². The third kappa shape index (κ3) is 3.84. The van der Waals surface area contributed by atoms with Gasteiger partial charge in [0.1, 0.15) is 18.2 Å². The van der Waals surface area contributed by atoms with E-state index in [2.05, 4.69) is 5.32 Å². The molecule has 6 nitrogen and oxygen atoms in total. The molecule has 1 aromatic carbocycles. The lowest BCUT2D eigenvalue weighted by molar-refractivity contribution is -0.114. The van der Waals surface area contributed by atoms with Crippen LogP contribution in [-0.4, -0.2) is 35.7 Å². The summed E-state index contributed by atoms with van der Waals surface area (Å²) >= 11 is 0. The molecule has 1 aromatic rings. The summed E-state index contributed by atoms with van der Waals surface area (Å²) in [5, 5.41) is 22.1. The van der Waals surface area contributed by atoms with Crippen molar-refractivity contribution in [3.05, 3.63) is 18.2 Å². The molecule has 1 rings (SSSR count). The minimum Gasteiger partial charge on any atom is -0.495 e. The van der Waals surface area contributed by atoms with Crippen LogP contribution in [0.1, 0.15) is 20.8 Å². The number of aliphatic hydroxyl groups excluding tert-OH is 2. The van der Waals surface area contributed by atoms with Crippen molar-refractivity contribution in [3.8, 4) is 5.75 Å². The Morgan fingerprint density at radius 2 is 1.89 bits per heavy atom. The minimum atomic E-state index is -0.901. The molecule has 0 aliphatic heterocycles. The van der Waals surface area contributed by atoms with Crippen molar-refractivity contribution < 1.29 is 19.7 Å². The number of methoxy groups -OCH3 is 1. The summed E-state index contributed by atoms with van der Waals surface area (Å²) in [6.07, 6.45) is -1.80. The van der Waals surface area contributed by atoms with Crippen molar-refractivity contribution in [1.29, 1.82) is 0 Å². The molecule has 106 valence electrons. The fourth-order valence-electron chi connectivity index (χ4n) is 1.89. The lowest BCUT2D eigenvalue weighted by atomic mass is 10.2. The van der Waals surface area contributed by atoms with Crippen molar-refractivity contribution in [2.75, 3.05) is 17.3 Å². The number of carbonyl (C=O) groups excluding carboxylic acids is 1. The lowest BCUT2D eigenvalue weighted by Gasteiger charge is -2.32. The summed E-state index contributed by atoms with van der Waals surface area (Å²) in [5.41, 5.74) is 1.06. The van der Waals surface area contributed by atoms with E-state index < -0.39 is 12.5 Å². The zero-order chi connectivity index (χ0) is 14.6. The third-order valence-corrected chi connectivity index (χ3v) is 2.58. The second-order valence-electron chi connectivity index (χ2n) is 4.24. The number of carbonyl (C=O) groups is 1. The van der Waals surface area contributed by atoms with E-state index >= 15 is 0 Å². The number of nitrogens with zero attached hydrogens (tertiary/aromatic N) is 1. The number of hydrogen-bond donors (Lipinski definition) is 3. The maximum Gasteiger partial charge on any atom is 0.221 e. The molecule has 2 unspecified atom stereocenters. The standard InChI is InChI=1S/C13H20N2O4/c1-8(16)14-11-5-6-13(19-4)12(7-11)15(9(2)17)10(3)18/h5-7,9-10,17-18H,1-4H3,(H,14,16). The van der Waals surface area contributed by atoms with E-state index in [1.807, 2.05) is 0 Å². The van der Waals surface area contributed by atoms with Gasteiger partial charge in [-0.25, -0.2) is 0 Å². The van der Waals surface area contributed by atoms with Crippen LogP contribution in [0.2, 0.25) is 0 Å². The van der Waals surface area contributed by atoms with Gasteiger partial charge in [-0.2, -0.15) is 0 Å². The summed E-state index contributed by atoms with van der Waals surface area (Å²) < 4.78 is 5.21. The molecule has 0 bridgehead atoms. The molecule has 0 aliphatic rings. The Hall–Kier alpha value is -1.79. The largest absolute Gasteiger partial charge is 0.495 e. The monoisotopic (exact) mass is 268 g/mol. The first-order valence-electron chi connectivity index (χ1n) is 5.97. The predicted octanol–water partition coefficient (Wildman–Crippen LogP) is 1.14. The van der Waals surface area contributed by atoms with Crippen molar-refractivity contribution in [2.45, 2.75) is 33.2 Å². The van der Waals surface area contributed by atoms with Gasteiger partial charge < -0.3 is 25.2 Å². The van der Waals surface area contributed by atoms with Crippen LogP contribution in [0, 0.1) is 0 Å². The van der Waals surface area contributed by atoms with Gasteiger partial charge in [0.15, 0.2) is 0 Å². The molecule has 0 fully saturated rings. The van der Waals surface area contributed by atoms with Crippen LogP contribution < -0.4 is 15.0 Å². The Kier molecular flexibility index (Phi) is 5.14. The van der Waals surface area contributed by atoms with E-state index in [9.17, 15) is 15.0 Å². The molecule has 1 amide bonds. The number of aliphatic hydroxyl groups is 2. The Bertz CT molecular complexity index is 438. The Labute approximate surface area is 112 Å². The van der Waals surface area contributed by atoms with E-state index in [0.717, 1.165) is 0 Å². The topological polar surface area (TPSA) is 82.0 Å². The lowest BCUT2D eigenvalue weighted by Crippen LogP contribution is -2.40. The Morgan fingerprint density at radius 1 is 1.32 bits per heavy atom. The van der Waals surface area contributed by atoms with Gasteiger partial charge in [0.25, 0.3) is 0 Å². The molecule has 0 saturated heterocycles. The number of anilines is 2. The van der Waals surface area contributed by atoms with E-state index in [1.54, 1.807) is 18.2 Å². The van der Waals surface area contributed by atoms with Gasteiger partial charge in [-0.1, -0.05) is 0 Å². The number of amides is 1. The zero-order valence-electron chi connectivity index (χ0n) is 11.5. The van der Waals surface area contributed by atoms with Gasteiger partial charge in [-0.3, -0.25) is 4.79 Å². The molecular formula is C13H20N2O4. The quantitative estimate of drug-likeness (QED) is 0.698. The van der Waals surface area contributed by atoms with Gasteiger partial charge in [-0.05, 0) is 32.0 Å². The van der Waals surface area contributed by atoms with Crippen LogP contribution in [0.25, 0.3) is 0 Å². The smallest absolute Gasteiger partial charge is 0.221 e. The second kappa shape index (κ2) is 6.40. The third-order valence-electron chi connectivity index (χ3n) is 2.58. The van der Waals surface area contributed by atoms with Crippen LogP contribution in [0.15, 0.2) is 18.2 Å². The average molecular weight is 268 g/mol. The highest BCUT2D eigenvalue weighted by Crippen LogP contribution is 2.33. The van der Waals surface area contributed by atoms with Crippen molar-refractivity contribution in [2.24, 2.45) is 0 Å². The van der Waals surface area contributed by atoms with Gasteiger partial charge >= 0.3 is 0 Å². The molecule has 0 spiro atoms. The first kappa shape index (κ1) is 15.3. The molecule has 0 saturated carbocycles. The summed E-state index contributed by atoms with van der Waals surface area (Å²) in [4.78, 5) is 12.4. The fraction of sp³-hybridized carbons (Fsp3) is 0.462. The van der Waals surface area contributed by atoms with Crippen LogP contribution >= 0.6 is 0 Å². The van der Waals surface area contributed by atoms with Crippen molar-refractivity contribution >= 4 is 17.3 Å². The van der Waals surface area contributed by atoms with Crippen molar-refractivity contribution in [3.63, 3.8) is 0 Å². The second-order valence-corrected chi connectivity index (χ2v) is 4.24. The van der Waals surface area contributed by atoms with E-state index in [1.165, 1.54) is 32.8 Å². The Morgan fingerprint density at radius 3 is 2.32 bits per heavy atom. The maximum absolute atomic E-state index is 11.1. The van der Waals surface area contributed by atoms with Gasteiger partial charge in [0.2, 0.25) is 5.91 Å². The predicted molar refractivity (Wildman–Crippen MR) is 73.1 cm³/mol. The fourth-order valence-corrected chi connectivity index (χ4v) is 1.89. The average Bonchev–Trinajstić information content (AvgIpc) is 2.27. The van der Waals surface area contributed by atoms with Gasteiger partial charge in [0.05, 0.1) is 12.8 Å². The van der Waals surface area contributed by atoms with Crippen LogP contribution in [0.5, 0.6) is 5.75 Å². The highest BCUT2D eigenvalue weighted by Gasteiger charge is 2.21. The minimum absolute atomic E-state index is 0.197. The zero-order valence-corrected chi connectivity index (χ0v) is 11.5. The molecule has 3 N–H and O–H groups in total. The first-order chi connectivity index (χ1) is 8.86. The van der Waals surface area contributed by atoms with E-state index in [-0.39, 0.29) is 5.91 Å². The molecule has 0 aliphatic carbocycles. The molecule has 19 heavy (non-hydrogen) atoms. The molecule has 0 radical (unpaired) electrons. The number of ether oxygens (including phenoxy) is 1. The normalized spacial score (nSPS) is 13.6. The first-order valence-corrected chi connectivity index (χ1v) is 5.97. The summed E-state index contributed by atoms with van der Waals surface area (Å²) in [7, 11) is 1.50. The summed E-state index contributed by atoms with van der Waals surface area (Å²) in [6, 6.07) is 4.99. The van der Waals surface area contributed by atoms with Crippen LogP contribution in [0.3, 0.4) is 0 Å². The van der Waals surface area contributed by atoms with Gasteiger partial charge in [0, 0.05) is 12.6 Å². The highest BCUT2D eigenvalue weighted by atomic mass is 16.5. The SMILES string of the molecule is COc1ccc(NC(C)=O)cc1N(C(C)O)C(C)O. The Balaban J connectivity index is 3.24. The maximum atomic E-state index is 11.1. The highest BCUT2D eigenvalue weighted by molar-refractivity contribution is 5.89. The number of rotatable bonds is 5. The molecule has 2 atom stereocenters. The van der Waals surface area contributed by atoms with E-state index in [4.69, 9.17) is 4.74 Å². The molecule has 0 aromatic heterocycles.